The van der Waals surface area contributed by atoms with E-state index in [0.29, 0.717) is 6.04 Å². The van der Waals surface area contributed by atoms with E-state index in [-0.39, 0.29) is 0 Å². The third kappa shape index (κ3) is 5.38. The highest BCUT2D eigenvalue weighted by Crippen LogP contribution is 2.23. The summed E-state index contributed by atoms with van der Waals surface area (Å²) in [6.07, 6.45) is 4.58. The second kappa shape index (κ2) is 7.71. The number of hydrogen-bond donors (Lipinski definition) is 1. The largest absolute Gasteiger partial charge is 0.314 e. The highest BCUT2D eigenvalue weighted by molar-refractivity contribution is 9.11. The van der Waals surface area contributed by atoms with Crippen LogP contribution in [0.15, 0.2) is 15.9 Å². The molecule has 0 aliphatic rings. The van der Waals surface area contributed by atoms with Crippen LogP contribution in [0.25, 0.3) is 0 Å². The maximum absolute atomic E-state index is 3.55. The minimum absolute atomic E-state index is 0.632. The topological polar surface area (TPSA) is 12.0 Å². The molecule has 0 bridgehead atoms. The molecule has 0 spiro atoms. The first-order chi connectivity index (χ1) is 7.26. The van der Waals surface area contributed by atoms with Crippen molar-refractivity contribution in [2.75, 3.05) is 18.6 Å². The summed E-state index contributed by atoms with van der Waals surface area (Å²) in [4.78, 5) is 1.47. The average molecular weight is 308 g/mol. The van der Waals surface area contributed by atoms with Crippen molar-refractivity contribution in [1.29, 1.82) is 0 Å². The standard InChI is InChI=1S/C11H18BrNS2/c1-3-13-9(6-7-14-2)8-10-4-5-11(12)15-10/h4-5,9,13H,3,6-8H2,1-2H3. The van der Waals surface area contributed by atoms with Gasteiger partial charge in [-0.25, -0.2) is 0 Å². The van der Waals surface area contributed by atoms with E-state index in [9.17, 15) is 0 Å². The van der Waals surface area contributed by atoms with Crippen molar-refractivity contribution in [1.82, 2.24) is 5.32 Å². The Morgan fingerprint density at radius 3 is 2.87 bits per heavy atom. The molecule has 0 saturated heterocycles. The second-order valence-electron chi connectivity index (χ2n) is 3.45. The average Bonchev–Trinajstić information content (AvgIpc) is 2.61. The number of halogens is 1. The number of thiophene rings is 1. The maximum atomic E-state index is 3.55. The summed E-state index contributed by atoms with van der Waals surface area (Å²) in [5, 5.41) is 3.55. The molecule has 1 aromatic heterocycles. The van der Waals surface area contributed by atoms with Crippen LogP contribution >= 0.6 is 39.0 Å². The van der Waals surface area contributed by atoms with Gasteiger partial charge in [-0.15, -0.1) is 11.3 Å². The van der Waals surface area contributed by atoms with Crippen molar-refractivity contribution in [3.8, 4) is 0 Å². The molecule has 1 aromatic rings. The molecule has 86 valence electrons. The molecular formula is C11H18BrNS2. The van der Waals surface area contributed by atoms with Crippen molar-refractivity contribution in [2.45, 2.75) is 25.8 Å². The van der Waals surface area contributed by atoms with E-state index in [4.69, 9.17) is 0 Å². The van der Waals surface area contributed by atoms with Gasteiger partial charge in [0.25, 0.3) is 0 Å². The number of hydrogen-bond acceptors (Lipinski definition) is 3. The van der Waals surface area contributed by atoms with Crippen LogP contribution in [0.3, 0.4) is 0 Å². The lowest BCUT2D eigenvalue weighted by Crippen LogP contribution is -2.31. The lowest BCUT2D eigenvalue weighted by Gasteiger charge is -2.16. The molecule has 1 atom stereocenters. The normalized spacial score (nSPS) is 13.0. The number of likely N-dealkylation sites (N-methyl/N-ethyl adjacent to an activating group) is 1. The van der Waals surface area contributed by atoms with Gasteiger partial charge in [0.05, 0.1) is 3.79 Å². The van der Waals surface area contributed by atoms with Crippen LogP contribution in [0.5, 0.6) is 0 Å². The van der Waals surface area contributed by atoms with E-state index < -0.39 is 0 Å². The highest BCUT2D eigenvalue weighted by Gasteiger charge is 2.09. The molecule has 1 unspecified atom stereocenters. The Balaban J connectivity index is 2.42. The molecule has 0 aliphatic heterocycles. The summed E-state index contributed by atoms with van der Waals surface area (Å²) in [5.41, 5.74) is 0. The summed E-state index contributed by atoms with van der Waals surface area (Å²) in [6.45, 7) is 3.24. The zero-order valence-corrected chi connectivity index (χ0v) is 12.5. The molecule has 1 rings (SSSR count). The van der Waals surface area contributed by atoms with E-state index in [1.54, 1.807) is 0 Å². The summed E-state index contributed by atoms with van der Waals surface area (Å²) < 4.78 is 1.23. The molecule has 0 aliphatic carbocycles. The van der Waals surface area contributed by atoms with Gasteiger partial charge in [-0.3, -0.25) is 0 Å². The van der Waals surface area contributed by atoms with E-state index in [2.05, 4.69) is 46.6 Å². The van der Waals surface area contributed by atoms with Crippen LogP contribution in [0.1, 0.15) is 18.2 Å². The van der Waals surface area contributed by atoms with Crippen LogP contribution in [0.4, 0.5) is 0 Å². The smallest absolute Gasteiger partial charge is 0.0701 e. The van der Waals surface area contributed by atoms with Crippen molar-refractivity contribution >= 4 is 39.0 Å². The lowest BCUT2D eigenvalue weighted by atomic mass is 10.1. The van der Waals surface area contributed by atoms with Crippen LogP contribution < -0.4 is 5.32 Å². The highest BCUT2D eigenvalue weighted by atomic mass is 79.9. The predicted octanol–water partition coefficient (Wildman–Crippen LogP) is 3.78. The van der Waals surface area contributed by atoms with Crippen molar-refractivity contribution in [3.63, 3.8) is 0 Å². The molecule has 0 radical (unpaired) electrons. The SMILES string of the molecule is CCNC(CCSC)Cc1ccc(Br)s1. The van der Waals surface area contributed by atoms with Gasteiger partial charge in [-0.2, -0.15) is 11.8 Å². The van der Waals surface area contributed by atoms with Gasteiger partial charge in [-0.1, -0.05) is 6.92 Å². The van der Waals surface area contributed by atoms with Gasteiger partial charge >= 0.3 is 0 Å². The quantitative estimate of drug-likeness (QED) is 0.822. The number of nitrogens with one attached hydrogen (secondary N) is 1. The Hall–Kier alpha value is 0.490. The molecule has 0 amide bonds. The molecule has 1 N–H and O–H groups in total. The minimum atomic E-state index is 0.632. The van der Waals surface area contributed by atoms with Gasteiger partial charge in [0, 0.05) is 10.9 Å². The zero-order chi connectivity index (χ0) is 11.1. The molecule has 0 fully saturated rings. The fourth-order valence-electron chi connectivity index (χ4n) is 1.53. The van der Waals surface area contributed by atoms with Crippen LogP contribution in [0, 0.1) is 0 Å². The zero-order valence-electron chi connectivity index (χ0n) is 9.25. The number of thioether (sulfide) groups is 1. The molecular weight excluding hydrogens is 290 g/mol. The predicted molar refractivity (Wildman–Crippen MR) is 76.2 cm³/mol. The van der Waals surface area contributed by atoms with Crippen LogP contribution in [0.2, 0.25) is 0 Å². The Morgan fingerprint density at radius 2 is 2.33 bits per heavy atom. The molecule has 0 saturated carbocycles. The van der Waals surface area contributed by atoms with E-state index in [0.717, 1.165) is 13.0 Å². The summed E-state index contributed by atoms with van der Waals surface area (Å²) in [5.74, 6) is 1.24. The first-order valence-corrected chi connectivity index (χ1v) is 8.23. The molecule has 15 heavy (non-hydrogen) atoms. The first kappa shape index (κ1) is 13.6. The summed E-state index contributed by atoms with van der Waals surface area (Å²) in [6, 6.07) is 4.99. The Morgan fingerprint density at radius 1 is 1.53 bits per heavy atom. The maximum Gasteiger partial charge on any atom is 0.0701 e. The van der Waals surface area contributed by atoms with Gasteiger partial charge in [-0.05, 0) is 59.5 Å². The van der Waals surface area contributed by atoms with Crippen LogP contribution in [-0.4, -0.2) is 24.6 Å². The van der Waals surface area contributed by atoms with E-state index >= 15 is 0 Å². The lowest BCUT2D eigenvalue weighted by molar-refractivity contribution is 0.516. The van der Waals surface area contributed by atoms with Crippen molar-refractivity contribution in [3.05, 3.63) is 20.8 Å². The fraction of sp³-hybridized carbons (Fsp3) is 0.636. The summed E-state index contributed by atoms with van der Waals surface area (Å²) >= 11 is 7.28. The first-order valence-electron chi connectivity index (χ1n) is 5.22. The van der Waals surface area contributed by atoms with Gasteiger partial charge in [0.1, 0.15) is 0 Å². The fourth-order valence-corrected chi connectivity index (χ4v) is 3.61. The van der Waals surface area contributed by atoms with Gasteiger partial charge in [0.2, 0.25) is 0 Å². The molecule has 0 aromatic carbocycles. The summed E-state index contributed by atoms with van der Waals surface area (Å²) in [7, 11) is 0. The van der Waals surface area contributed by atoms with Gasteiger partial charge in [0.15, 0.2) is 0 Å². The van der Waals surface area contributed by atoms with Crippen molar-refractivity contribution in [2.24, 2.45) is 0 Å². The molecule has 1 nitrogen and oxygen atoms in total. The Bertz CT molecular complexity index is 275. The second-order valence-corrected chi connectivity index (χ2v) is 6.98. The van der Waals surface area contributed by atoms with E-state index in [1.165, 1.54) is 20.8 Å². The number of rotatable bonds is 7. The minimum Gasteiger partial charge on any atom is -0.314 e. The monoisotopic (exact) mass is 307 g/mol. The third-order valence-electron chi connectivity index (χ3n) is 2.24. The third-order valence-corrected chi connectivity index (χ3v) is 4.53. The molecule has 4 heteroatoms. The Labute approximate surface area is 109 Å². The van der Waals surface area contributed by atoms with Crippen molar-refractivity contribution < 1.29 is 0 Å². The van der Waals surface area contributed by atoms with Crippen LogP contribution in [-0.2, 0) is 6.42 Å². The van der Waals surface area contributed by atoms with E-state index in [1.807, 2.05) is 23.1 Å². The molecule has 1 heterocycles. The Kier molecular flexibility index (Phi) is 6.97. The van der Waals surface area contributed by atoms with Gasteiger partial charge < -0.3 is 5.32 Å².